The van der Waals surface area contributed by atoms with Crippen LogP contribution in [0.2, 0.25) is 0 Å². The van der Waals surface area contributed by atoms with Crippen molar-refractivity contribution in [2.45, 2.75) is 40.3 Å². The predicted octanol–water partition coefficient (Wildman–Crippen LogP) is 7.89. The summed E-state index contributed by atoms with van der Waals surface area (Å²) in [7, 11) is 0. The van der Waals surface area contributed by atoms with E-state index in [0.29, 0.717) is 13.2 Å². The molecule has 0 fully saturated rings. The van der Waals surface area contributed by atoms with Crippen LogP contribution in [0.1, 0.15) is 27.7 Å². The van der Waals surface area contributed by atoms with Gasteiger partial charge >= 0.3 is 250 Å². The van der Waals surface area contributed by atoms with E-state index in [9.17, 15) is 0 Å². The second kappa shape index (κ2) is 14.2. The molecule has 0 N–H and O–H groups in total. The maximum absolute atomic E-state index is 6.20. The molecule has 4 aromatic carbocycles. The molecule has 0 aliphatic rings. The van der Waals surface area contributed by atoms with E-state index in [1.165, 1.54) is 7.22 Å². The summed E-state index contributed by atoms with van der Waals surface area (Å²) in [6.07, 6.45) is -0.689. The van der Waals surface area contributed by atoms with Gasteiger partial charge in [-0.2, -0.15) is 0 Å². The van der Waals surface area contributed by atoms with Crippen LogP contribution in [0, 0.1) is 0 Å². The molecule has 0 heterocycles. The van der Waals surface area contributed by atoms with Gasteiger partial charge in [-0.15, -0.1) is 0 Å². The van der Waals surface area contributed by atoms with E-state index in [1.807, 2.05) is 64.1 Å². The van der Waals surface area contributed by atoms with Crippen molar-refractivity contribution in [2.75, 3.05) is 13.2 Å². The molecule has 2 unspecified atom stereocenters. The molecule has 4 aromatic rings. The van der Waals surface area contributed by atoms with Gasteiger partial charge in [0.05, 0.1) is 0 Å². The minimum absolute atomic E-state index is 0.345. The van der Waals surface area contributed by atoms with Gasteiger partial charge in [-0.25, -0.2) is 0 Å². The predicted molar refractivity (Wildman–Crippen MR) is 170 cm³/mol. The summed E-state index contributed by atoms with van der Waals surface area (Å²) < 4.78 is 26.2. The third-order valence-electron chi connectivity index (χ3n) is 6.05. The van der Waals surface area contributed by atoms with Crippen LogP contribution in [0.25, 0.3) is 22.3 Å². The molecule has 0 aromatic heterocycles. The van der Waals surface area contributed by atoms with Crippen LogP contribution in [0.4, 0.5) is 0 Å². The van der Waals surface area contributed by atoms with Crippen LogP contribution in [0.15, 0.2) is 97.1 Å². The van der Waals surface area contributed by atoms with Crippen molar-refractivity contribution < 1.29 is 18.9 Å². The fourth-order valence-corrected chi connectivity index (χ4v) is 13.3. The Balaban J connectivity index is 1.77. The third kappa shape index (κ3) is 7.67. The Bertz CT molecular complexity index is 1250. The minimum atomic E-state index is -3.16. The Morgan fingerprint density at radius 1 is 0.590 bits per heavy atom. The monoisotopic (exact) mass is 770 g/mol. The van der Waals surface area contributed by atoms with E-state index in [-0.39, 0.29) is 12.6 Å². The first-order valence-corrected chi connectivity index (χ1v) is 25.8. The molecule has 206 valence electrons. The van der Waals surface area contributed by atoms with Gasteiger partial charge in [0.25, 0.3) is 0 Å². The Kier molecular flexibility index (Phi) is 10.9. The van der Waals surface area contributed by atoms with Crippen molar-refractivity contribution in [3.8, 4) is 33.8 Å². The van der Waals surface area contributed by atoms with Crippen LogP contribution < -0.4 is 16.7 Å². The molecule has 7 heteroatoms. The van der Waals surface area contributed by atoms with E-state index in [1.54, 1.807) is 0 Å². The molecule has 0 saturated heterocycles. The van der Waals surface area contributed by atoms with Gasteiger partial charge < -0.3 is 0 Å². The number of ether oxygens (including phenoxy) is 4. The average molecular weight is 770 g/mol. The SMILES string of the molecule is CCOC(C)Oc1ccc([Te](Br)(Br)c2ccc(OC(C)OCC)c(-c3ccccc3)c2)cc1-c1ccccc1. The molecule has 0 radical (unpaired) electrons. The normalized spacial score (nSPS) is 13.5. The molecule has 0 saturated carbocycles. The van der Waals surface area contributed by atoms with Gasteiger partial charge in [0.1, 0.15) is 0 Å². The zero-order chi connectivity index (χ0) is 27.8. The Labute approximate surface area is 248 Å². The molecule has 39 heavy (non-hydrogen) atoms. The fraction of sp³-hybridized carbons (Fsp3) is 0.250. The topological polar surface area (TPSA) is 36.9 Å². The van der Waals surface area contributed by atoms with Crippen molar-refractivity contribution >= 4 is 46.5 Å². The van der Waals surface area contributed by atoms with E-state index in [4.69, 9.17) is 18.9 Å². The Hall–Kier alpha value is -1.85. The van der Waals surface area contributed by atoms with Gasteiger partial charge in [0, 0.05) is 0 Å². The first-order valence-electron chi connectivity index (χ1n) is 13.0. The van der Waals surface area contributed by atoms with Gasteiger partial charge in [0.15, 0.2) is 0 Å². The summed E-state index contributed by atoms with van der Waals surface area (Å²) in [6, 6.07) is 33.5. The van der Waals surface area contributed by atoms with E-state index < -0.39 is 13.8 Å². The van der Waals surface area contributed by atoms with Crippen LogP contribution in [-0.4, -0.2) is 39.6 Å². The quantitative estimate of drug-likeness (QED) is 0.109. The first kappa shape index (κ1) is 30.1. The van der Waals surface area contributed by atoms with Gasteiger partial charge in [-0.3, -0.25) is 0 Å². The van der Waals surface area contributed by atoms with Crippen molar-refractivity contribution in [3.05, 3.63) is 97.1 Å². The second-order valence-corrected chi connectivity index (χ2v) is 33.0. The number of rotatable bonds is 12. The molecular weight excluding hydrogens is 736 g/mol. The van der Waals surface area contributed by atoms with Gasteiger partial charge in [-0.05, 0) is 0 Å². The summed E-state index contributed by atoms with van der Waals surface area (Å²) >= 11 is 5.22. The summed E-state index contributed by atoms with van der Waals surface area (Å²) in [5.74, 6) is 1.59. The van der Waals surface area contributed by atoms with Crippen molar-refractivity contribution in [3.63, 3.8) is 0 Å². The third-order valence-corrected chi connectivity index (χ3v) is 20.9. The average Bonchev–Trinajstić information content (AvgIpc) is 2.94. The summed E-state index contributed by atoms with van der Waals surface area (Å²) in [4.78, 5) is 0. The maximum atomic E-state index is 6.20. The molecule has 0 spiro atoms. The molecule has 0 amide bonds. The summed E-state index contributed by atoms with van der Waals surface area (Å²) in [5.41, 5.74) is 4.25. The Morgan fingerprint density at radius 2 is 0.974 bits per heavy atom. The van der Waals surface area contributed by atoms with Crippen LogP contribution >= 0.6 is 25.5 Å². The van der Waals surface area contributed by atoms with Crippen LogP contribution in [-0.2, 0) is 9.47 Å². The van der Waals surface area contributed by atoms with Crippen molar-refractivity contribution in [1.82, 2.24) is 0 Å². The molecule has 2 atom stereocenters. The summed E-state index contributed by atoms with van der Waals surface area (Å²) in [6.45, 7) is 8.96. The van der Waals surface area contributed by atoms with Crippen LogP contribution in [0.5, 0.6) is 11.5 Å². The zero-order valence-electron chi connectivity index (χ0n) is 22.6. The molecule has 4 rings (SSSR count). The van der Waals surface area contributed by atoms with Crippen LogP contribution in [0.3, 0.4) is 0 Å². The molecule has 0 bridgehead atoms. The number of benzene rings is 4. The molecular formula is C32H34Br2O4Te. The second-order valence-electron chi connectivity index (χ2n) is 8.80. The fourth-order valence-electron chi connectivity index (χ4n) is 4.26. The van der Waals surface area contributed by atoms with E-state index in [2.05, 4.69) is 86.2 Å². The van der Waals surface area contributed by atoms with Crippen molar-refractivity contribution in [1.29, 1.82) is 0 Å². The van der Waals surface area contributed by atoms with E-state index >= 15 is 0 Å². The van der Waals surface area contributed by atoms with Crippen molar-refractivity contribution in [2.24, 2.45) is 0 Å². The number of hydrogen-bond acceptors (Lipinski definition) is 4. The Morgan fingerprint density at radius 3 is 1.33 bits per heavy atom. The summed E-state index contributed by atoms with van der Waals surface area (Å²) in [5, 5.41) is 0. The molecule has 0 aliphatic carbocycles. The zero-order valence-corrected chi connectivity index (χ0v) is 28.1. The van der Waals surface area contributed by atoms with E-state index in [0.717, 1.165) is 33.8 Å². The standard InChI is InChI=1S/C32H34Br2O4Te/c1-5-35-23(3)37-31-19-17-27(21-29(31)25-13-9-7-10-14-25)39(33,34)28-18-20-32(38-24(4)36-6-2)30(22-28)26-15-11-8-12-16-26/h7-24H,5-6H2,1-4H3. The number of hydrogen-bond donors (Lipinski definition) is 0. The first-order chi connectivity index (χ1) is 18.8. The van der Waals surface area contributed by atoms with Gasteiger partial charge in [-0.1, -0.05) is 0 Å². The number of halogens is 2. The van der Waals surface area contributed by atoms with Gasteiger partial charge in [0.2, 0.25) is 0 Å². The molecule has 4 nitrogen and oxygen atoms in total. The molecule has 0 aliphatic heterocycles.